The van der Waals surface area contributed by atoms with Gasteiger partial charge < -0.3 is 10.6 Å². The van der Waals surface area contributed by atoms with Gasteiger partial charge in [0, 0.05) is 42.7 Å². The highest BCUT2D eigenvalue weighted by molar-refractivity contribution is 6.15. The first-order chi connectivity index (χ1) is 19.5. The lowest BCUT2D eigenvalue weighted by molar-refractivity contribution is -0.123. The lowest BCUT2D eigenvalue weighted by Gasteiger charge is -2.14. The Morgan fingerprint density at radius 3 is 2.55 bits per heavy atom. The van der Waals surface area contributed by atoms with Crippen LogP contribution in [0.5, 0.6) is 0 Å². The van der Waals surface area contributed by atoms with Crippen LogP contribution in [0.25, 0.3) is 16.9 Å². The van der Waals surface area contributed by atoms with Crippen LogP contribution in [0.15, 0.2) is 101 Å². The largest absolute Gasteiger partial charge is 0.335 e. The summed E-state index contributed by atoms with van der Waals surface area (Å²) in [6, 6.07) is 21.9. The van der Waals surface area contributed by atoms with Crippen LogP contribution < -0.4 is 16.3 Å². The number of nitrogens with one attached hydrogen (secondary N) is 2. The van der Waals surface area contributed by atoms with Gasteiger partial charge in [0.2, 0.25) is 5.91 Å². The molecule has 7 rings (SSSR count). The molecule has 0 fully saturated rings. The van der Waals surface area contributed by atoms with Crippen molar-refractivity contribution < 1.29 is 9.59 Å². The molecule has 0 unspecified atom stereocenters. The normalized spacial score (nSPS) is 17.6. The Hall–Kier alpha value is -5.38. The predicted octanol–water partition coefficient (Wildman–Crippen LogP) is 2.63. The fourth-order valence-corrected chi connectivity index (χ4v) is 5.54. The summed E-state index contributed by atoms with van der Waals surface area (Å²) in [5, 5.41) is 5.83. The molecule has 1 spiro atoms. The molecule has 0 radical (unpaired) electrons. The molecular formula is C30H23N7O3. The lowest BCUT2D eigenvalue weighted by Crippen LogP contribution is -2.40. The van der Waals surface area contributed by atoms with Crippen molar-refractivity contribution in [2.24, 2.45) is 4.99 Å². The summed E-state index contributed by atoms with van der Waals surface area (Å²) >= 11 is 0. The van der Waals surface area contributed by atoms with Gasteiger partial charge in [-0.3, -0.25) is 24.1 Å². The monoisotopic (exact) mass is 529 g/mol. The number of hydrogen-bond donors (Lipinski definition) is 2. The van der Waals surface area contributed by atoms with Crippen LogP contribution in [-0.4, -0.2) is 42.3 Å². The van der Waals surface area contributed by atoms with E-state index < -0.39 is 5.54 Å². The van der Waals surface area contributed by atoms with E-state index in [1.807, 2.05) is 54.6 Å². The van der Waals surface area contributed by atoms with Crippen molar-refractivity contribution in [3.05, 3.63) is 119 Å². The molecule has 196 valence electrons. The third-order valence-electron chi connectivity index (χ3n) is 7.39. The molecule has 10 heteroatoms. The number of pyridine rings is 2. The van der Waals surface area contributed by atoms with Crippen molar-refractivity contribution in [1.82, 2.24) is 24.4 Å². The van der Waals surface area contributed by atoms with E-state index in [-0.39, 0.29) is 24.0 Å². The molecule has 2 aliphatic rings. The van der Waals surface area contributed by atoms with Crippen molar-refractivity contribution in [1.29, 1.82) is 0 Å². The van der Waals surface area contributed by atoms with Gasteiger partial charge in [0.25, 0.3) is 5.91 Å². The molecule has 2 aromatic carbocycles. The van der Waals surface area contributed by atoms with Crippen molar-refractivity contribution in [2.75, 3.05) is 5.32 Å². The molecule has 4 heterocycles. The Labute approximate surface area is 228 Å². The number of aliphatic imine (C=N–C) groups is 1. The topological polar surface area (TPSA) is 123 Å². The fourth-order valence-electron chi connectivity index (χ4n) is 5.54. The Morgan fingerprint density at radius 1 is 0.925 bits per heavy atom. The number of rotatable bonds is 5. The molecule has 0 bridgehead atoms. The average molecular weight is 530 g/mol. The van der Waals surface area contributed by atoms with Crippen LogP contribution in [0.2, 0.25) is 0 Å². The third kappa shape index (κ3) is 3.89. The first-order valence-electron chi connectivity index (χ1n) is 12.9. The predicted molar refractivity (Wildman–Crippen MR) is 149 cm³/mol. The summed E-state index contributed by atoms with van der Waals surface area (Å²) in [6.45, 7) is -0.165. The molecule has 3 aromatic heterocycles. The summed E-state index contributed by atoms with van der Waals surface area (Å²) in [5.41, 5.74) is 3.37. The van der Waals surface area contributed by atoms with Crippen LogP contribution in [-0.2, 0) is 29.0 Å². The summed E-state index contributed by atoms with van der Waals surface area (Å²) in [6.07, 6.45) is 5.88. The molecule has 40 heavy (non-hydrogen) atoms. The highest BCUT2D eigenvalue weighted by Gasteiger charge is 2.48. The van der Waals surface area contributed by atoms with Gasteiger partial charge in [0.05, 0.1) is 11.0 Å². The minimum atomic E-state index is -0.906. The molecule has 2 N–H and O–H groups in total. The highest BCUT2D eigenvalue weighted by atomic mass is 16.2. The number of nitrogens with zero attached hydrogens (tertiary/aromatic N) is 5. The van der Waals surface area contributed by atoms with Crippen LogP contribution in [0, 0.1) is 0 Å². The maximum Gasteiger partial charge on any atom is 0.335 e. The molecule has 10 nitrogen and oxygen atoms in total. The highest BCUT2D eigenvalue weighted by Crippen LogP contribution is 2.37. The second-order valence-electron chi connectivity index (χ2n) is 9.95. The number of carbonyl (C=O) groups excluding carboxylic acids is 2. The summed E-state index contributed by atoms with van der Waals surface area (Å²) < 4.78 is 2.95. The number of anilines is 1. The van der Waals surface area contributed by atoms with Gasteiger partial charge in [-0.1, -0.05) is 24.3 Å². The Morgan fingerprint density at radius 2 is 1.75 bits per heavy atom. The standard InChI is InChI=1S/C30H23N7O3/c38-26(18-36-23-7-1-2-8-24(23)37(29(36)40)25-9-3-4-13-32-25)33-22-11-10-19-15-30(16-21(19)14-22)28(39)34-27(35-30)20-6-5-12-31-17-20/h1-14,17H,15-16,18H2,(H,33,38)(H,34,35,39)/t30-/m1/s1. The molecule has 0 saturated carbocycles. The zero-order valence-electron chi connectivity index (χ0n) is 21.2. The third-order valence-corrected chi connectivity index (χ3v) is 7.39. The van der Waals surface area contributed by atoms with E-state index in [1.165, 1.54) is 9.13 Å². The molecular weight excluding hydrogens is 506 g/mol. The summed E-state index contributed by atoms with van der Waals surface area (Å²) in [7, 11) is 0. The molecule has 2 amide bonds. The maximum atomic E-state index is 13.4. The maximum absolute atomic E-state index is 13.4. The number of hydrogen-bond acceptors (Lipinski definition) is 6. The number of aromatic nitrogens is 4. The van der Waals surface area contributed by atoms with E-state index in [0.29, 0.717) is 41.2 Å². The van der Waals surface area contributed by atoms with Gasteiger partial charge in [-0.2, -0.15) is 0 Å². The number of amides is 2. The number of imidazole rings is 1. The number of benzene rings is 2. The summed E-state index contributed by atoms with van der Waals surface area (Å²) in [4.78, 5) is 52.7. The number of carbonyl (C=O) groups is 2. The van der Waals surface area contributed by atoms with Gasteiger partial charge in [-0.25, -0.2) is 14.3 Å². The van der Waals surface area contributed by atoms with Crippen molar-refractivity contribution in [3.8, 4) is 5.82 Å². The number of fused-ring (bicyclic) bond motifs is 2. The Bertz CT molecular complexity index is 1890. The quantitative estimate of drug-likeness (QED) is 0.362. The SMILES string of the molecule is O=C(Cn1c(=O)n(-c2ccccn2)c2ccccc21)Nc1ccc2c(c1)C[C@@]1(C2)N=C(c2cccnc2)NC1=O. The van der Waals surface area contributed by atoms with Crippen LogP contribution in [0.3, 0.4) is 0 Å². The molecule has 1 atom stereocenters. The van der Waals surface area contributed by atoms with E-state index in [0.717, 1.165) is 16.7 Å². The fraction of sp³-hybridized carbons (Fsp3) is 0.133. The second-order valence-corrected chi connectivity index (χ2v) is 9.95. The van der Waals surface area contributed by atoms with Gasteiger partial charge in [-0.05, 0) is 59.7 Å². The van der Waals surface area contributed by atoms with Crippen LogP contribution >= 0.6 is 0 Å². The van der Waals surface area contributed by atoms with E-state index in [2.05, 4.69) is 20.6 Å². The second kappa shape index (κ2) is 9.12. The van der Waals surface area contributed by atoms with Crippen LogP contribution in [0.1, 0.15) is 16.7 Å². The first-order valence-corrected chi connectivity index (χ1v) is 12.9. The van der Waals surface area contributed by atoms with Gasteiger partial charge >= 0.3 is 5.69 Å². The van der Waals surface area contributed by atoms with Gasteiger partial charge in [0.1, 0.15) is 23.7 Å². The van der Waals surface area contributed by atoms with Crippen molar-refractivity contribution in [2.45, 2.75) is 24.9 Å². The lowest BCUT2D eigenvalue weighted by atomic mass is 9.97. The van der Waals surface area contributed by atoms with Crippen molar-refractivity contribution in [3.63, 3.8) is 0 Å². The van der Waals surface area contributed by atoms with E-state index in [1.54, 1.807) is 36.8 Å². The molecule has 0 saturated heterocycles. The first kappa shape index (κ1) is 23.7. The number of para-hydroxylation sites is 2. The number of amidine groups is 1. The van der Waals surface area contributed by atoms with E-state index in [4.69, 9.17) is 4.99 Å². The van der Waals surface area contributed by atoms with Crippen molar-refractivity contribution >= 4 is 34.4 Å². The van der Waals surface area contributed by atoms with E-state index in [9.17, 15) is 14.4 Å². The van der Waals surface area contributed by atoms with Crippen LogP contribution in [0.4, 0.5) is 5.69 Å². The van der Waals surface area contributed by atoms with Gasteiger partial charge in [-0.15, -0.1) is 0 Å². The molecule has 5 aromatic rings. The minimum Gasteiger partial charge on any atom is -0.325 e. The zero-order chi connectivity index (χ0) is 27.3. The zero-order valence-corrected chi connectivity index (χ0v) is 21.2. The smallest absolute Gasteiger partial charge is 0.325 e. The molecule has 1 aliphatic heterocycles. The van der Waals surface area contributed by atoms with Gasteiger partial charge in [0.15, 0.2) is 0 Å². The summed E-state index contributed by atoms with van der Waals surface area (Å²) in [5.74, 6) is 0.529. The Kier molecular flexibility index (Phi) is 5.41. The minimum absolute atomic E-state index is 0.142. The molecule has 1 aliphatic carbocycles. The Balaban J connectivity index is 1.13. The average Bonchev–Trinajstić information content (AvgIpc) is 3.60. The van der Waals surface area contributed by atoms with E-state index >= 15 is 0 Å².